The minimum atomic E-state index is -0.506. The molecule has 21 heavy (non-hydrogen) atoms. The lowest BCUT2D eigenvalue weighted by molar-refractivity contribution is -0.136. The minimum Gasteiger partial charge on any atom is -0.444 e. The highest BCUT2D eigenvalue weighted by Crippen LogP contribution is 2.33. The van der Waals surface area contributed by atoms with Gasteiger partial charge in [-0.05, 0) is 39.5 Å². The Kier molecular flexibility index (Phi) is 4.76. The Balaban J connectivity index is 1.90. The molecule has 2 amide bonds. The summed E-state index contributed by atoms with van der Waals surface area (Å²) < 4.78 is 5.38. The van der Waals surface area contributed by atoms with Gasteiger partial charge in [-0.15, -0.1) is 0 Å². The zero-order valence-electron chi connectivity index (χ0n) is 13.3. The van der Waals surface area contributed by atoms with Crippen molar-refractivity contribution in [1.29, 1.82) is 0 Å². The maximum absolute atomic E-state index is 12.3. The number of rotatable bonds is 3. The second-order valence-electron chi connectivity index (χ2n) is 7.05. The van der Waals surface area contributed by atoms with Gasteiger partial charge in [0.05, 0.1) is 6.04 Å². The van der Waals surface area contributed by atoms with Gasteiger partial charge in [0.1, 0.15) is 5.60 Å². The van der Waals surface area contributed by atoms with E-state index < -0.39 is 5.60 Å². The standard InChI is InChI=1S/C15H27N3O3/c1-15(2,3)21-14(20)17-6-7-18(12(9-16)10-17)13(19)8-11-4-5-11/h11-12H,4-10,16H2,1-3H3. The minimum absolute atomic E-state index is 0.0995. The summed E-state index contributed by atoms with van der Waals surface area (Å²) in [5, 5.41) is 0. The maximum atomic E-state index is 12.3. The van der Waals surface area contributed by atoms with E-state index in [2.05, 4.69) is 0 Å². The molecule has 6 heteroatoms. The number of hydrogen-bond donors (Lipinski definition) is 1. The molecule has 0 aromatic rings. The molecule has 2 rings (SSSR count). The van der Waals surface area contributed by atoms with E-state index in [4.69, 9.17) is 10.5 Å². The van der Waals surface area contributed by atoms with Gasteiger partial charge < -0.3 is 20.3 Å². The Labute approximate surface area is 126 Å². The van der Waals surface area contributed by atoms with Gasteiger partial charge in [0.25, 0.3) is 0 Å². The van der Waals surface area contributed by atoms with Crippen molar-refractivity contribution in [1.82, 2.24) is 9.80 Å². The zero-order chi connectivity index (χ0) is 15.6. The first-order valence-electron chi connectivity index (χ1n) is 7.77. The van der Waals surface area contributed by atoms with Crippen LogP contribution in [0.2, 0.25) is 0 Å². The predicted octanol–water partition coefficient (Wildman–Crippen LogP) is 1.19. The number of hydrogen-bond acceptors (Lipinski definition) is 4. The number of carbonyl (C=O) groups excluding carboxylic acids is 2. The molecular weight excluding hydrogens is 270 g/mol. The van der Waals surface area contributed by atoms with Crippen LogP contribution in [0.4, 0.5) is 4.79 Å². The highest BCUT2D eigenvalue weighted by Gasteiger charge is 2.35. The van der Waals surface area contributed by atoms with E-state index >= 15 is 0 Å². The van der Waals surface area contributed by atoms with Crippen molar-refractivity contribution in [3.05, 3.63) is 0 Å². The molecule has 0 aromatic heterocycles. The van der Waals surface area contributed by atoms with Crippen molar-refractivity contribution in [2.45, 2.75) is 51.7 Å². The van der Waals surface area contributed by atoms with Crippen LogP contribution in [0.1, 0.15) is 40.0 Å². The van der Waals surface area contributed by atoms with E-state index in [0.29, 0.717) is 38.5 Å². The van der Waals surface area contributed by atoms with Crippen molar-refractivity contribution in [2.24, 2.45) is 11.7 Å². The molecule has 1 saturated carbocycles. The molecule has 2 N–H and O–H groups in total. The molecule has 1 heterocycles. The third-order valence-electron chi connectivity index (χ3n) is 3.89. The quantitative estimate of drug-likeness (QED) is 0.849. The molecule has 0 aromatic carbocycles. The first-order valence-corrected chi connectivity index (χ1v) is 7.77. The van der Waals surface area contributed by atoms with Gasteiger partial charge in [0.15, 0.2) is 0 Å². The Morgan fingerprint density at radius 3 is 2.43 bits per heavy atom. The topological polar surface area (TPSA) is 75.9 Å². The largest absolute Gasteiger partial charge is 0.444 e. The third-order valence-corrected chi connectivity index (χ3v) is 3.89. The first-order chi connectivity index (χ1) is 9.80. The lowest BCUT2D eigenvalue weighted by atomic mass is 10.1. The van der Waals surface area contributed by atoms with Crippen LogP contribution >= 0.6 is 0 Å². The molecule has 1 unspecified atom stereocenters. The fraction of sp³-hybridized carbons (Fsp3) is 0.867. The van der Waals surface area contributed by atoms with Crippen LogP contribution in [0.25, 0.3) is 0 Å². The first kappa shape index (κ1) is 16.1. The smallest absolute Gasteiger partial charge is 0.410 e. The third kappa shape index (κ3) is 4.59. The van der Waals surface area contributed by atoms with Crippen LogP contribution < -0.4 is 5.73 Å². The lowest BCUT2D eigenvalue weighted by Crippen LogP contribution is -2.59. The van der Waals surface area contributed by atoms with Gasteiger partial charge in [-0.1, -0.05) is 0 Å². The van der Waals surface area contributed by atoms with Crippen LogP contribution in [0.5, 0.6) is 0 Å². The van der Waals surface area contributed by atoms with E-state index in [1.165, 1.54) is 0 Å². The number of amides is 2. The molecule has 1 aliphatic heterocycles. The molecule has 1 saturated heterocycles. The van der Waals surface area contributed by atoms with E-state index in [0.717, 1.165) is 12.8 Å². The average Bonchev–Trinajstić information content (AvgIpc) is 3.19. The number of piperazine rings is 1. The molecule has 2 fully saturated rings. The number of carbonyl (C=O) groups is 2. The summed E-state index contributed by atoms with van der Waals surface area (Å²) in [5.74, 6) is 0.747. The van der Waals surface area contributed by atoms with Crippen molar-refractivity contribution in [2.75, 3.05) is 26.2 Å². The van der Waals surface area contributed by atoms with Gasteiger partial charge in [0, 0.05) is 32.6 Å². The molecular formula is C15H27N3O3. The summed E-state index contributed by atoms with van der Waals surface area (Å²) >= 11 is 0. The van der Waals surface area contributed by atoms with Gasteiger partial charge in [-0.25, -0.2) is 4.79 Å². The Bertz CT molecular complexity index is 401. The Hall–Kier alpha value is -1.30. The molecule has 6 nitrogen and oxygen atoms in total. The molecule has 0 spiro atoms. The summed E-state index contributed by atoms with van der Waals surface area (Å²) in [5.41, 5.74) is 5.29. The number of ether oxygens (including phenoxy) is 1. The number of nitrogens with two attached hydrogens (primary N) is 1. The average molecular weight is 297 g/mol. The Morgan fingerprint density at radius 2 is 1.90 bits per heavy atom. The SMILES string of the molecule is CC(C)(C)OC(=O)N1CCN(C(=O)CC2CC2)C(CN)C1. The zero-order valence-corrected chi connectivity index (χ0v) is 13.3. The van der Waals surface area contributed by atoms with Crippen molar-refractivity contribution >= 4 is 12.0 Å². The molecule has 120 valence electrons. The predicted molar refractivity (Wildman–Crippen MR) is 79.7 cm³/mol. The van der Waals surface area contributed by atoms with Crippen LogP contribution in [0.3, 0.4) is 0 Å². The Morgan fingerprint density at radius 1 is 1.24 bits per heavy atom. The summed E-state index contributed by atoms with van der Waals surface area (Å²) in [6.07, 6.45) is 2.63. The van der Waals surface area contributed by atoms with Crippen LogP contribution in [-0.4, -0.2) is 59.6 Å². The summed E-state index contributed by atoms with van der Waals surface area (Å²) in [7, 11) is 0. The van der Waals surface area contributed by atoms with Gasteiger partial charge in [0.2, 0.25) is 5.91 Å². The van der Waals surface area contributed by atoms with Gasteiger partial charge in [-0.3, -0.25) is 4.79 Å². The highest BCUT2D eigenvalue weighted by atomic mass is 16.6. The van der Waals surface area contributed by atoms with Crippen molar-refractivity contribution in [3.8, 4) is 0 Å². The molecule has 2 aliphatic rings. The summed E-state index contributed by atoms with van der Waals surface area (Å²) in [4.78, 5) is 27.9. The van der Waals surface area contributed by atoms with Crippen LogP contribution in [0.15, 0.2) is 0 Å². The second kappa shape index (κ2) is 6.22. The maximum Gasteiger partial charge on any atom is 0.410 e. The van der Waals surface area contributed by atoms with Crippen molar-refractivity contribution < 1.29 is 14.3 Å². The normalized spacial score (nSPS) is 23.1. The van der Waals surface area contributed by atoms with Gasteiger partial charge >= 0.3 is 6.09 Å². The van der Waals surface area contributed by atoms with Crippen LogP contribution in [-0.2, 0) is 9.53 Å². The molecule has 1 aliphatic carbocycles. The summed E-state index contributed by atoms with van der Waals surface area (Å²) in [6.45, 7) is 7.44. The molecule has 0 bridgehead atoms. The molecule has 0 radical (unpaired) electrons. The van der Waals surface area contributed by atoms with E-state index in [1.807, 2.05) is 25.7 Å². The molecule has 1 atom stereocenters. The highest BCUT2D eigenvalue weighted by molar-refractivity contribution is 5.78. The van der Waals surface area contributed by atoms with E-state index in [9.17, 15) is 9.59 Å². The van der Waals surface area contributed by atoms with E-state index in [-0.39, 0.29) is 18.0 Å². The monoisotopic (exact) mass is 297 g/mol. The van der Waals surface area contributed by atoms with Gasteiger partial charge in [-0.2, -0.15) is 0 Å². The summed E-state index contributed by atoms with van der Waals surface area (Å²) in [6, 6.07) is -0.0995. The van der Waals surface area contributed by atoms with E-state index in [1.54, 1.807) is 4.90 Å². The fourth-order valence-corrected chi connectivity index (χ4v) is 2.56. The van der Waals surface area contributed by atoms with Crippen molar-refractivity contribution in [3.63, 3.8) is 0 Å². The second-order valence-corrected chi connectivity index (χ2v) is 7.05. The lowest BCUT2D eigenvalue weighted by Gasteiger charge is -2.41. The van der Waals surface area contributed by atoms with Crippen LogP contribution in [0, 0.1) is 5.92 Å². The fourth-order valence-electron chi connectivity index (χ4n) is 2.56. The number of nitrogens with zero attached hydrogens (tertiary/aromatic N) is 2.